The molecule has 5 fully saturated rings. The van der Waals surface area contributed by atoms with E-state index in [0.717, 1.165) is 30.7 Å². The average Bonchev–Trinajstić information content (AvgIpc) is 3.17. The summed E-state index contributed by atoms with van der Waals surface area (Å²) in [4.78, 5) is 3.10. The lowest BCUT2D eigenvalue weighted by molar-refractivity contribution is -0.158. The minimum atomic E-state index is 0.353. The van der Waals surface area contributed by atoms with E-state index >= 15 is 0 Å². The van der Waals surface area contributed by atoms with Crippen LogP contribution >= 0.6 is 0 Å². The van der Waals surface area contributed by atoms with Crippen molar-refractivity contribution >= 4 is 0 Å². The molecular formula is C29H37N. The molecule has 6 aliphatic carbocycles. The summed E-state index contributed by atoms with van der Waals surface area (Å²) >= 11 is 0. The Morgan fingerprint density at radius 2 is 1.97 bits per heavy atom. The molecule has 9 atom stereocenters. The first kappa shape index (κ1) is 17.5. The van der Waals surface area contributed by atoms with E-state index in [4.69, 9.17) is 0 Å². The van der Waals surface area contributed by atoms with Crippen molar-refractivity contribution in [3.8, 4) is 11.8 Å². The minimum absolute atomic E-state index is 0.353. The van der Waals surface area contributed by atoms with E-state index < -0.39 is 0 Å². The Kier molecular flexibility index (Phi) is 2.83. The molecule has 30 heavy (non-hydrogen) atoms. The number of rotatable bonds is 0. The van der Waals surface area contributed by atoms with Crippen molar-refractivity contribution < 1.29 is 0 Å². The van der Waals surface area contributed by atoms with E-state index in [0.29, 0.717) is 27.2 Å². The maximum atomic E-state index is 3.90. The van der Waals surface area contributed by atoms with E-state index in [1.54, 1.807) is 5.57 Å². The molecular weight excluding hydrogens is 362 g/mol. The molecule has 8 aliphatic rings. The second-order valence-electron chi connectivity index (χ2n) is 13.1. The van der Waals surface area contributed by atoms with Crippen LogP contribution in [0.2, 0.25) is 0 Å². The first-order valence-electron chi connectivity index (χ1n) is 13.1. The highest BCUT2D eigenvalue weighted by Gasteiger charge is 2.81. The number of hydrogen-bond donors (Lipinski definition) is 0. The summed E-state index contributed by atoms with van der Waals surface area (Å²) in [6.07, 6.45) is 17.9. The Bertz CT molecular complexity index is 1020. The second-order valence-corrected chi connectivity index (χ2v) is 13.1. The topological polar surface area (TPSA) is 3.01 Å². The zero-order chi connectivity index (χ0) is 20.1. The van der Waals surface area contributed by atoms with Gasteiger partial charge in [0.1, 0.15) is 0 Å². The standard InChI is InChI=1S/C29H37N/c1-19-9-14-28-20(2)15-22-8-7-21-16-26-11-5-4-10-25(28,3)29(22,17-23(19)28)24(21)30-18-27(26,30)13-6-12-26/h16,20,22,24H,6-15,17-18H2,1-3H3. The third-order valence-electron chi connectivity index (χ3n) is 13.0. The van der Waals surface area contributed by atoms with Crippen LogP contribution in [-0.4, -0.2) is 23.0 Å². The molecule has 0 N–H and O–H groups in total. The summed E-state index contributed by atoms with van der Waals surface area (Å²) in [6, 6.07) is 0.739. The zero-order valence-corrected chi connectivity index (χ0v) is 19.2. The minimum Gasteiger partial charge on any atom is -0.286 e. The zero-order valence-electron chi connectivity index (χ0n) is 19.2. The quantitative estimate of drug-likeness (QED) is 0.264. The fourth-order valence-electron chi connectivity index (χ4n) is 11.9. The van der Waals surface area contributed by atoms with Crippen LogP contribution in [0, 0.1) is 45.3 Å². The molecule has 0 amide bonds. The maximum Gasteiger partial charge on any atom is 0.0443 e. The van der Waals surface area contributed by atoms with E-state index in [1.807, 2.05) is 11.1 Å². The molecule has 0 aromatic carbocycles. The molecule has 0 radical (unpaired) electrons. The molecule has 8 rings (SSSR count). The van der Waals surface area contributed by atoms with Gasteiger partial charge in [-0.05, 0) is 75.5 Å². The number of nitrogens with zero attached hydrogens (tertiary/aromatic N) is 1. The van der Waals surface area contributed by atoms with Crippen LogP contribution in [0.5, 0.6) is 0 Å². The number of hydrogen-bond acceptors (Lipinski definition) is 1. The van der Waals surface area contributed by atoms with Crippen LogP contribution in [0.25, 0.3) is 0 Å². The van der Waals surface area contributed by atoms with E-state index in [-0.39, 0.29) is 0 Å². The van der Waals surface area contributed by atoms with Crippen molar-refractivity contribution in [1.29, 1.82) is 0 Å². The molecule has 1 heteroatoms. The van der Waals surface area contributed by atoms with Crippen molar-refractivity contribution in [2.75, 3.05) is 6.54 Å². The molecule has 0 aromatic rings. The lowest BCUT2D eigenvalue weighted by Gasteiger charge is -2.67. The van der Waals surface area contributed by atoms with E-state index in [2.05, 4.69) is 43.6 Å². The lowest BCUT2D eigenvalue weighted by atomic mass is 9.39. The molecule has 1 saturated heterocycles. The summed E-state index contributed by atoms with van der Waals surface area (Å²) in [5.74, 6) is 9.49. The fourth-order valence-corrected chi connectivity index (χ4v) is 11.9. The third-order valence-corrected chi connectivity index (χ3v) is 13.0. The molecule has 5 bridgehead atoms. The smallest absolute Gasteiger partial charge is 0.0443 e. The van der Waals surface area contributed by atoms with Crippen LogP contribution < -0.4 is 0 Å². The molecule has 0 aromatic heterocycles. The Hall–Kier alpha value is -1.00. The van der Waals surface area contributed by atoms with Gasteiger partial charge in [0.2, 0.25) is 0 Å². The van der Waals surface area contributed by atoms with Crippen molar-refractivity contribution in [2.45, 2.75) is 103 Å². The fraction of sp³-hybridized carbons (Fsp3) is 0.793. The Labute approximate surface area is 182 Å². The first-order chi connectivity index (χ1) is 14.4. The third kappa shape index (κ3) is 1.43. The Morgan fingerprint density at radius 1 is 1.10 bits per heavy atom. The van der Waals surface area contributed by atoms with Gasteiger partial charge in [0.05, 0.1) is 0 Å². The molecule has 1 nitrogen and oxygen atoms in total. The van der Waals surface area contributed by atoms with Gasteiger partial charge in [-0.25, -0.2) is 0 Å². The molecule has 4 spiro atoms. The van der Waals surface area contributed by atoms with E-state index in [9.17, 15) is 0 Å². The summed E-state index contributed by atoms with van der Waals surface area (Å²) in [7, 11) is 0. The first-order valence-corrected chi connectivity index (χ1v) is 13.1. The van der Waals surface area contributed by atoms with E-state index in [1.165, 1.54) is 64.3 Å². The van der Waals surface area contributed by atoms with Crippen molar-refractivity contribution in [3.05, 3.63) is 22.8 Å². The molecule has 2 aliphatic heterocycles. The van der Waals surface area contributed by atoms with Gasteiger partial charge in [-0.1, -0.05) is 43.1 Å². The highest BCUT2D eigenvalue weighted by Crippen LogP contribution is 2.84. The second kappa shape index (κ2) is 4.83. The van der Waals surface area contributed by atoms with Gasteiger partial charge < -0.3 is 0 Å². The molecule has 2 heterocycles. The Balaban J connectivity index is 1.46. The number of allylic oxidation sites excluding steroid dienone is 2. The van der Waals surface area contributed by atoms with Gasteiger partial charge in [0.15, 0.2) is 0 Å². The van der Waals surface area contributed by atoms with Crippen LogP contribution in [0.15, 0.2) is 22.8 Å². The van der Waals surface area contributed by atoms with Gasteiger partial charge in [-0.15, -0.1) is 11.8 Å². The van der Waals surface area contributed by atoms with Crippen molar-refractivity contribution in [1.82, 2.24) is 4.90 Å². The summed E-state index contributed by atoms with van der Waals surface area (Å²) in [5.41, 5.74) is 7.71. The molecule has 9 unspecified atom stereocenters. The Morgan fingerprint density at radius 3 is 2.87 bits per heavy atom. The van der Waals surface area contributed by atoms with Crippen LogP contribution in [0.4, 0.5) is 0 Å². The van der Waals surface area contributed by atoms with Crippen LogP contribution in [-0.2, 0) is 0 Å². The summed E-state index contributed by atoms with van der Waals surface area (Å²) in [5, 5.41) is 0. The molecule has 158 valence electrons. The van der Waals surface area contributed by atoms with Gasteiger partial charge >= 0.3 is 0 Å². The summed E-state index contributed by atoms with van der Waals surface area (Å²) in [6.45, 7) is 9.27. The predicted molar refractivity (Wildman–Crippen MR) is 121 cm³/mol. The highest BCUT2D eigenvalue weighted by molar-refractivity contribution is 5.50. The maximum absolute atomic E-state index is 3.90. The monoisotopic (exact) mass is 399 g/mol. The van der Waals surface area contributed by atoms with Gasteiger partial charge in [0, 0.05) is 47.2 Å². The predicted octanol–water partition coefficient (Wildman–Crippen LogP) is 6.26. The lowest BCUT2D eigenvalue weighted by Crippen LogP contribution is -2.65. The SMILES string of the molecule is CC1=C2CC34C5CCC6=CC7(CC#CCC3(C)C2(CC1)C(C)C5)CCCC71CN1C64. The van der Waals surface area contributed by atoms with Crippen molar-refractivity contribution in [2.24, 2.45) is 33.5 Å². The van der Waals surface area contributed by atoms with Crippen LogP contribution in [0.1, 0.15) is 91.4 Å². The molecule has 4 saturated carbocycles. The van der Waals surface area contributed by atoms with Gasteiger partial charge in [0.25, 0.3) is 0 Å². The normalized spacial score (nSPS) is 61.0. The van der Waals surface area contributed by atoms with Crippen LogP contribution in [0.3, 0.4) is 0 Å². The highest BCUT2D eigenvalue weighted by atomic mass is 15.4. The van der Waals surface area contributed by atoms with Crippen molar-refractivity contribution in [3.63, 3.8) is 0 Å². The summed E-state index contributed by atoms with van der Waals surface area (Å²) < 4.78 is 0. The van der Waals surface area contributed by atoms with Gasteiger partial charge in [-0.2, -0.15) is 0 Å². The largest absolute Gasteiger partial charge is 0.286 e. The average molecular weight is 400 g/mol. The van der Waals surface area contributed by atoms with Gasteiger partial charge in [-0.3, -0.25) is 4.90 Å².